The molecule has 1 spiro atoms. The Balaban J connectivity index is 1.80. The van der Waals surface area contributed by atoms with Crippen LogP contribution in [0.2, 0.25) is 10.0 Å². The second-order valence-electron chi connectivity index (χ2n) is 11.4. The lowest BCUT2D eigenvalue weighted by Crippen LogP contribution is -2.61. The predicted molar refractivity (Wildman–Crippen MR) is 189 cm³/mol. The maximum atomic E-state index is 14.5. The number of hydrogen-bond acceptors (Lipinski definition) is 9. The largest absolute Gasteiger partial charge is 0.466 e. The van der Waals surface area contributed by atoms with Gasteiger partial charge in [0.25, 0.3) is 0 Å². The van der Waals surface area contributed by atoms with E-state index >= 15 is 0 Å². The van der Waals surface area contributed by atoms with Gasteiger partial charge in [-0.2, -0.15) is 0 Å². The number of carbonyl (C=O) groups excluding carboxylic acids is 3. The van der Waals surface area contributed by atoms with E-state index in [1.807, 2.05) is 64.4 Å². The molecule has 2 aliphatic rings. The van der Waals surface area contributed by atoms with Crippen molar-refractivity contribution in [1.82, 2.24) is 0 Å². The Kier molecular flexibility index (Phi) is 9.41. The van der Waals surface area contributed by atoms with Crippen molar-refractivity contribution >= 4 is 58.2 Å². The van der Waals surface area contributed by atoms with E-state index in [4.69, 9.17) is 37.4 Å². The highest BCUT2D eigenvalue weighted by Crippen LogP contribution is 2.59. The molecule has 6 rings (SSSR count). The minimum absolute atomic E-state index is 0.0388. The zero-order chi connectivity index (χ0) is 34.9. The summed E-state index contributed by atoms with van der Waals surface area (Å²) in [5, 5.41) is 1.12. The van der Waals surface area contributed by atoms with Gasteiger partial charge in [-0.3, -0.25) is 0 Å². The zero-order valence-electron chi connectivity index (χ0n) is 27.3. The first-order chi connectivity index (χ1) is 23.7. The molecule has 2 heterocycles. The molecule has 0 saturated heterocycles. The number of ether oxygens (including phenoxy) is 3. The van der Waals surface area contributed by atoms with Gasteiger partial charge in [0.05, 0.1) is 44.0 Å². The Hall–Kier alpha value is -5.25. The van der Waals surface area contributed by atoms with Crippen molar-refractivity contribution in [3.63, 3.8) is 0 Å². The molecular weight excluding hydrogens is 665 g/mol. The topological polar surface area (TPSA) is 88.6 Å². The lowest BCUT2D eigenvalue weighted by atomic mass is 9.90. The van der Waals surface area contributed by atoms with Crippen LogP contribution in [0.5, 0.6) is 0 Å². The number of esters is 3. The third kappa shape index (κ3) is 5.68. The van der Waals surface area contributed by atoms with Crippen LogP contribution in [0.25, 0.3) is 0 Å². The number of anilines is 3. The normalized spacial score (nSPS) is 15.8. The number of fused-ring (bicyclic) bond motifs is 1. The fourth-order valence-corrected chi connectivity index (χ4v) is 6.94. The van der Waals surface area contributed by atoms with E-state index in [0.29, 0.717) is 21.4 Å². The summed E-state index contributed by atoms with van der Waals surface area (Å²) in [5.74, 6) is -2.24. The Morgan fingerprint density at radius 2 is 1.10 bits per heavy atom. The molecule has 0 unspecified atom stereocenters. The number of benzene rings is 4. The lowest BCUT2D eigenvalue weighted by Gasteiger charge is -2.46. The Morgan fingerprint density at radius 3 is 1.55 bits per heavy atom. The monoisotopic (exact) mass is 697 g/mol. The summed E-state index contributed by atoms with van der Waals surface area (Å²) in [7, 11) is 3.79. The van der Waals surface area contributed by atoms with Gasteiger partial charge < -0.3 is 28.9 Å². The quantitative estimate of drug-likeness (QED) is 0.107. The number of hydrogen-bond donors (Lipinski definition) is 0. The number of halogens is 2. The van der Waals surface area contributed by atoms with E-state index in [1.165, 1.54) is 21.3 Å². The average Bonchev–Trinajstić information content (AvgIpc) is 3.58. The smallest absolute Gasteiger partial charge is 0.355 e. The molecule has 9 nitrogen and oxygen atoms in total. The molecular formula is C38H33Cl2N3O6. The first kappa shape index (κ1) is 33.6. The molecule has 4 aromatic carbocycles. The van der Waals surface area contributed by atoms with Gasteiger partial charge in [0.2, 0.25) is 0 Å². The Morgan fingerprint density at radius 1 is 0.633 bits per heavy atom. The van der Waals surface area contributed by atoms with Crippen LogP contribution in [0.3, 0.4) is 0 Å². The van der Waals surface area contributed by atoms with Crippen molar-refractivity contribution in [3.8, 4) is 0 Å². The third-order valence-corrected chi connectivity index (χ3v) is 9.25. The average molecular weight is 699 g/mol. The van der Waals surface area contributed by atoms with E-state index in [2.05, 4.69) is 0 Å². The molecule has 0 saturated carbocycles. The van der Waals surface area contributed by atoms with E-state index in [0.717, 1.165) is 22.5 Å². The minimum atomic E-state index is -1.67. The van der Waals surface area contributed by atoms with Crippen LogP contribution in [-0.2, 0) is 41.7 Å². The van der Waals surface area contributed by atoms with Crippen LogP contribution in [0, 0.1) is 0 Å². The summed E-state index contributed by atoms with van der Waals surface area (Å²) in [5.41, 5.74) is 2.32. The molecule has 0 aliphatic carbocycles. The number of nitrogens with zero attached hydrogens (tertiary/aromatic N) is 3. The van der Waals surface area contributed by atoms with Crippen LogP contribution in [0.15, 0.2) is 126 Å². The number of para-hydroxylation sites is 3. The molecule has 0 radical (unpaired) electrons. The first-order valence-corrected chi connectivity index (χ1v) is 16.1. The predicted octanol–water partition coefficient (Wildman–Crippen LogP) is 7.28. The first-order valence-electron chi connectivity index (χ1n) is 15.4. The fourth-order valence-electron chi connectivity index (χ4n) is 6.69. The molecule has 0 N–H and O–H groups in total. The summed E-state index contributed by atoms with van der Waals surface area (Å²) in [6.45, 7) is 2.07. The lowest BCUT2D eigenvalue weighted by molar-refractivity contribution is -0.139. The van der Waals surface area contributed by atoms with Crippen molar-refractivity contribution in [2.45, 2.75) is 25.7 Å². The second kappa shape index (κ2) is 13.7. The minimum Gasteiger partial charge on any atom is -0.466 e. The highest BCUT2D eigenvalue weighted by atomic mass is 35.5. The summed E-state index contributed by atoms with van der Waals surface area (Å²) >= 11 is 12.6. The molecule has 0 atom stereocenters. The molecule has 11 heteroatoms. The summed E-state index contributed by atoms with van der Waals surface area (Å²) in [6.07, 6.45) is 0. The maximum Gasteiger partial charge on any atom is 0.355 e. The van der Waals surface area contributed by atoms with Gasteiger partial charge in [-0.05, 0) is 66.6 Å². The Bertz CT molecular complexity index is 1900. The molecule has 0 aromatic heterocycles. The van der Waals surface area contributed by atoms with Gasteiger partial charge in [0.15, 0.2) is 5.66 Å². The molecule has 0 amide bonds. The van der Waals surface area contributed by atoms with Crippen LogP contribution in [0.4, 0.5) is 17.1 Å². The standard InChI is InChI=1S/C38H33Cl2N3O6/c1-24(35(44)47-2)34-38(32(36(45)48-3)33(37(46)49-4)43(34)29-10-6-5-7-11-29)41(22-25-14-18-27(39)19-15-25)30-12-8-9-13-31(30)42(38)23-26-16-20-28(40)21-17-26/h5-21H,22-23H2,1-4H3. The van der Waals surface area contributed by atoms with Gasteiger partial charge in [-0.15, -0.1) is 0 Å². The molecule has 4 aromatic rings. The van der Waals surface area contributed by atoms with E-state index in [-0.39, 0.29) is 29.9 Å². The summed E-state index contributed by atoms with van der Waals surface area (Å²) in [6, 6.07) is 31.4. The van der Waals surface area contributed by atoms with Crippen molar-refractivity contribution in [2.24, 2.45) is 0 Å². The van der Waals surface area contributed by atoms with E-state index in [9.17, 15) is 14.4 Å². The highest BCUT2D eigenvalue weighted by molar-refractivity contribution is 6.30. The molecule has 2 aliphatic heterocycles. The van der Waals surface area contributed by atoms with Crippen LogP contribution < -0.4 is 14.7 Å². The zero-order valence-corrected chi connectivity index (χ0v) is 28.8. The number of methoxy groups -OCH3 is 3. The van der Waals surface area contributed by atoms with Crippen LogP contribution in [0.1, 0.15) is 18.1 Å². The SMILES string of the molecule is COC(=O)C(C)=C1N(c2ccccc2)C(C(=O)OC)=C(C(=O)OC)C12N(Cc1ccc(Cl)cc1)c1ccccc1N2Cc1ccc(Cl)cc1. The van der Waals surface area contributed by atoms with Crippen LogP contribution in [-0.4, -0.2) is 44.9 Å². The van der Waals surface area contributed by atoms with Gasteiger partial charge >= 0.3 is 17.9 Å². The Labute approximate surface area is 294 Å². The highest BCUT2D eigenvalue weighted by Gasteiger charge is 2.66. The van der Waals surface area contributed by atoms with E-state index in [1.54, 1.807) is 60.4 Å². The fraction of sp³-hybridized carbons (Fsp3) is 0.184. The summed E-state index contributed by atoms with van der Waals surface area (Å²) in [4.78, 5) is 48.0. The molecule has 49 heavy (non-hydrogen) atoms. The number of carbonyl (C=O) groups is 3. The van der Waals surface area contributed by atoms with Gasteiger partial charge in [-0.1, -0.05) is 77.8 Å². The van der Waals surface area contributed by atoms with E-state index < -0.39 is 23.6 Å². The number of rotatable bonds is 8. The third-order valence-electron chi connectivity index (χ3n) is 8.74. The van der Waals surface area contributed by atoms with Crippen molar-refractivity contribution in [1.29, 1.82) is 0 Å². The second-order valence-corrected chi connectivity index (χ2v) is 12.3. The van der Waals surface area contributed by atoms with Crippen molar-refractivity contribution < 1.29 is 28.6 Å². The molecule has 0 fully saturated rings. The summed E-state index contributed by atoms with van der Waals surface area (Å²) < 4.78 is 16.2. The van der Waals surface area contributed by atoms with Gasteiger partial charge in [0.1, 0.15) is 11.3 Å². The van der Waals surface area contributed by atoms with Crippen molar-refractivity contribution in [3.05, 3.63) is 147 Å². The maximum absolute atomic E-state index is 14.5. The molecule has 0 bridgehead atoms. The van der Waals surface area contributed by atoms with Crippen molar-refractivity contribution in [2.75, 3.05) is 36.0 Å². The van der Waals surface area contributed by atoms with Gasteiger partial charge in [0, 0.05) is 28.8 Å². The van der Waals surface area contributed by atoms with Gasteiger partial charge in [-0.25, -0.2) is 14.4 Å². The van der Waals surface area contributed by atoms with Crippen LogP contribution >= 0.6 is 23.2 Å². The molecule has 250 valence electrons.